The van der Waals surface area contributed by atoms with Crippen molar-refractivity contribution < 1.29 is 8.42 Å². The molecule has 0 aliphatic carbocycles. The summed E-state index contributed by atoms with van der Waals surface area (Å²) in [7, 11) is -3.41. The van der Waals surface area contributed by atoms with Crippen molar-refractivity contribution in [1.82, 2.24) is 4.31 Å². The van der Waals surface area contributed by atoms with Crippen LogP contribution in [0.5, 0.6) is 0 Å². The van der Waals surface area contributed by atoms with Crippen LogP contribution in [0.4, 0.5) is 0 Å². The van der Waals surface area contributed by atoms with Gasteiger partial charge in [-0.3, -0.25) is 5.41 Å². The van der Waals surface area contributed by atoms with Gasteiger partial charge in [-0.05, 0) is 17.9 Å². The minimum absolute atomic E-state index is 0.0301. The number of rotatable bonds is 8. The van der Waals surface area contributed by atoms with Crippen molar-refractivity contribution in [1.29, 1.82) is 5.41 Å². The Morgan fingerprint density at radius 3 is 2.45 bits per heavy atom. The Labute approximate surface area is 121 Å². The molecule has 6 heteroatoms. The number of hydrogen-bond donors (Lipinski definition) is 2. The highest BCUT2D eigenvalue weighted by Crippen LogP contribution is 2.18. The molecule has 20 heavy (non-hydrogen) atoms. The molecular weight excluding hydrogens is 274 g/mol. The van der Waals surface area contributed by atoms with E-state index < -0.39 is 10.0 Å². The Hall–Kier alpha value is -1.40. The molecule has 3 N–H and O–H groups in total. The van der Waals surface area contributed by atoms with Crippen molar-refractivity contribution in [3.8, 4) is 0 Å². The van der Waals surface area contributed by atoms with Crippen molar-refractivity contribution in [2.24, 2.45) is 5.73 Å². The zero-order valence-electron chi connectivity index (χ0n) is 12.0. The molecule has 0 amide bonds. The highest BCUT2D eigenvalue weighted by molar-refractivity contribution is 7.89. The Balaban J connectivity index is 2.83. The molecule has 1 aromatic rings. The van der Waals surface area contributed by atoms with Gasteiger partial charge in [0.1, 0.15) is 5.84 Å². The maximum atomic E-state index is 12.4. The molecule has 0 aliphatic rings. The molecule has 1 rings (SSSR count). The van der Waals surface area contributed by atoms with Gasteiger partial charge in [0.05, 0.1) is 12.3 Å². The Morgan fingerprint density at radius 1 is 1.35 bits per heavy atom. The van der Waals surface area contributed by atoms with Gasteiger partial charge >= 0.3 is 0 Å². The van der Waals surface area contributed by atoms with Gasteiger partial charge < -0.3 is 5.73 Å². The second-order valence-electron chi connectivity index (χ2n) is 4.95. The SMILES string of the molecule is CCCN(CC(=N)N)S(=O)(=O)CC(C)c1ccccc1. The van der Waals surface area contributed by atoms with Gasteiger partial charge in [-0.1, -0.05) is 44.2 Å². The van der Waals surface area contributed by atoms with E-state index in [2.05, 4.69) is 0 Å². The average Bonchev–Trinajstić information content (AvgIpc) is 2.38. The standard InChI is InChI=1S/C14H23N3O2S/c1-3-9-17(10-14(15)16)20(18,19)11-12(2)13-7-5-4-6-8-13/h4-8,12H,3,9-11H2,1-2H3,(H3,15,16). The molecule has 1 unspecified atom stereocenters. The summed E-state index contributed by atoms with van der Waals surface area (Å²) in [6, 6.07) is 9.56. The summed E-state index contributed by atoms with van der Waals surface area (Å²) in [5.74, 6) is -0.188. The predicted molar refractivity (Wildman–Crippen MR) is 82.4 cm³/mol. The minimum atomic E-state index is -3.41. The maximum absolute atomic E-state index is 12.4. The summed E-state index contributed by atoms with van der Waals surface area (Å²) < 4.78 is 26.1. The lowest BCUT2D eigenvalue weighted by Crippen LogP contribution is -2.40. The molecule has 0 radical (unpaired) electrons. The van der Waals surface area contributed by atoms with Crippen LogP contribution in [-0.2, 0) is 10.0 Å². The molecule has 0 aromatic heterocycles. The quantitative estimate of drug-likeness (QED) is 0.566. The van der Waals surface area contributed by atoms with E-state index in [1.165, 1.54) is 4.31 Å². The monoisotopic (exact) mass is 297 g/mol. The first-order valence-electron chi connectivity index (χ1n) is 6.72. The summed E-state index contributed by atoms with van der Waals surface area (Å²) in [6.07, 6.45) is 0.701. The average molecular weight is 297 g/mol. The van der Waals surface area contributed by atoms with Crippen molar-refractivity contribution in [3.05, 3.63) is 35.9 Å². The number of nitrogens with two attached hydrogens (primary N) is 1. The van der Waals surface area contributed by atoms with Crippen LogP contribution in [-0.4, -0.2) is 37.4 Å². The van der Waals surface area contributed by atoms with Crippen LogP contribution in [0, 0.1) is 5.41 Å². The van der Waals surface area contributed by atoms with Crippen LogP contribution in [0.1, 0.15) is 31.7 Å². The molecule has 1 aromatic carbocycles. The van der Waals surface area contributed by atoms with Crippen molar-refractivity contribution in [2.75, 3.05) is 18.8 Å². The van der Waals surface area contributed by atoms with E-state index in [0.29, 0.717) is 13.0 Å². The highest BCUT2D eigenvalue weighted by atomic mass is 32.2. The zero-order chi connectivity index (χ0) is 15.2. The van der Waals surface area contributed by atoms with Gasteiger partial charge in [0.15, 0.2) is 0 Å². The van der Waals surface area contributed by atoms with Crippen LogP contribution in [0.25, 0.3) is 0 Å². The van der Waals surface area contributed by atoms with Gasteiger partial charge in [-0.2, -0.15) is 4.31 Å². The Morgan fingerprint density at radius 2 is 1.95 bits per heavy atom. The van der Waals surface area contributed by atoms with Gasteiger partial charge in [-0.15, -0.1) is 0 Å². The number of sulfonamides is 1. The third-order valence-corrected chi connectivity index (χ3v) is 5.06. The highest BCUT2D eigenvalue weighted by Gasteiger charge is 2.25. The third-order valence-electron chi connectivity index (χ3n) is 3.04. The van der Waals surface area contributed by atoms with E-state index >= 15 is 0 Å². The number of nitrogens with one attached hydrogen (secondary N) is 1. The van der Waals surface area contributed by atoms with E-state index in [9.17, 15) is 8.42 Å². The molecule has 1 atom stereocenters. The number of nitrogens with zero attached hydrogens (tertiary/aromatic N) is 1. The number of benzene rings is 1. The summed E-state index contributed by atoms with van der Waals surface area (Å²) in [6.45, 7) is 4.16. The van der Waals surface area contributed by atoms with Crippen LogP contribution < -0.4 is 5.73 Å². The number of amidine groups is 1. The lowest BCUT2D eigenvalue weighted by Gasteiger charge is -2.23. The molecule has 0 heterocycles. The van der Waals surface area contributed by atoms with Crippen LogP contribution >= 0.6 is 0 Å². The minimum Gasteiger partial charge on any atom is -0.387 e. The van der Waals surface area contributed by atoms with E-state index in [4.69, 9.17) is 11.1 Å². The summed E-state index contributed by atoms with van der Waals surface area (Å²) in [4.78, 5) is 0. The fraction of sp³-hybridized carbons (Fsp3) is 0.500. The fourth-order valence-electron chi connectivity index (χ4n) is 2.06. The summed E-state index contributed by atoms with van der Waals surface area (Å²) in [5.41, 5.74) is 6.34. The lowest BCUT2D eigenvalue weighted by molar-refractivity contribution is 0.445. The molecule has 0 saturated carbocycles. The molecule has 0 bridgehead atoms. The predicted octanol–water partition coefficient (Wildman–Crippen LogP) is 1.77. The van der Waals surface area contributed by atoms with E-state index in [1.807, 2.05) is 44.2 Å². The zero-order valence-corrected chi connectivity index (χ0v) is 12.9. The smallest absolute Gasteiger partial charge is 0.215 e. The van der Waals surface area contributed by atoms with Crippen molar-refractivity contribution >= 4 is 15.9 Å². The van der Waals surface area contributed by atoms with Gasteiger partial charge in [0.25, 0.3) is 0 Å². The van der Waals surface area contributed by atoms with Gasteiger partial charge in [0, 0.05) is 6.54 Å². The molecule has 0 saturated heterocycles. The van der Waals surface area contributed by atoms with E-state index in [-0.39, 0.29) is 24.1 Å². The molecule has 0 aliphatic heterocycles. The summed E-state index contributed by atoms with van der Waals surface area (Å²) >= 11 is 0. The topological polar surface area (TPSA) is 87.2 Å². The third kappa shape index (κ3) is 4.94. The van der Waals surface area contributed by atoms with E-state index in [1.54, 1.807) is 0 Å². The van der Waals surface area contributed by atoms with Gasteiger partial charge in [-0.25, -0.2) is 8.42 Å². The van der Waals surface area contributed by atoms with Crippen LogP contribution in [0.3, 0.4) is 0 Å². The fourth-order valence-corrected chi connectivity index (χ4v) is 3.89. The first kappa shape index (κ1) is 16.7. The van der Waals surface area contributed by atoms with Crippen molar-refractivity contribution in [3.63, 3.8) is 0 Å². The van der Waals surface area contributed by atoms with Crippen LogP contribution in [0.2, 0.25) is 0 Å². The van der Waals surface area contributed by atoms with Crippen LogP contribution in [0.15, 0.2) is 30.3 Å². The second kappa shape index (κ2) is 7.40. The largest absolute Gasteiger partial charge is 0.387 e. The molecule has 0 fully saturated rings. The maximum Gasteiger partial charge on any atom is 0.215 e. The first-order chi connectivity index (χ1) is 9.36. The molecule has 112 valence electrons. The summed E-state index contributed by atoms with van der Waals surface area (Å²) in [5, 5.41) is 7.30. The lowest BCUT2D eigenvalue weighted by atomic mass is 10.0. The molecule has 5 nitrogen and oxygen atoms in total. The van der Waals surface area contributed by atoms with E-state index in [0.717, 1.165) is 5.56 Å². The molecule has 0 spiro atoms. The van der Waals surface area contributed by atoms with Crippen molar-refractivity contribution in [2.45, 2.75) is 26.2 Å². The molecular formula is C14H23N3O2S. The first-order valence-corrected chi connectivity index (χ1v) is 8.33. The normalized spacial score (nSPS) is 13.3. The Bertz CT molecular complexity index is 529. The van der Waals surface area contributed by atoms with Gasteiger partial charge in [0.2, 0.25) is 10.0 Å². The number of hydrogen-bond acceptors (Lipinski definition) is 3. The Kier molecular flexibility index (Phi) is 6.16. The second-order valence-corrected chi connectivity index (χ2v) is 6.96.